The molecule has 0 fully saturated rings. The van der Waals surface area contributed by atoms with Gasteiger partial charge < -0.3 is 9.88 Å². The summed E-state index contributed by atoms with van der Waals surface area (Å²) in [6, 6.07) is 17.1. The van der Waals surface area contributed by atoms with E-state index in [2.05, 4.69) is 35.8 Å². The zero-order valence-electron chi connectivity index (χ0n) is 20.9. The Labute approximate surface area is 205 Å². The maximum atomic E-state index is 13.5. The van der Waals surface area contributed by atoms with Crippen molar-refractivity contribution in [1.29, 1.82) is 0 Å². The molecular formula is C28H33N5O2. The summed E-state index contributed by atoms with van der Waals surface area (Å²) in [5.74, 6) is 0.996. The van der Waals surface area contributed by atoms with E-state index < -0.39 is 0 Å². The Bertz CT molecular complexity index is 1370. The number of aromatic amines is 1. The zero-order valence-corrected chi connectivity index (χ0v) is 20.9. The highest BCUT2D eigenvalue weighted by atomic mass is 16.2. The highest BCUT2D eigenvalue weighted by molar-refractivity contribution is 5.78. The van der Waals surface area contributed by atoms with Crippen LogP contribution in [0.1, 0.15) is 48.6 Å². The van der Waals surface area contributed by atoms with Crippen molar-refractivity contribution in [2.24, 2.45) is 5.92 Å². The van der Waals surface area contributed by atoms with Gasteiger partial charge in [0.1, 0.15) is 5.82 Å². The number of aryl methyl sites for hydroxylation is 1. The average Bonchev–Trinajstić information content (AvgIpc) is 3.09. The molecule has 182 valence electrons. The van der Waals surface area contributed by atoms with Crippen LogP contribution >= 0.6 is 0 Å². The number of carbonyl (C=O) groups is 1. The lowest BCUT2D eigenvalue weighted by atomic mass is 10.1. The van der Waals surface area contributed by atoms with E-state index in [1.165, 1.54) is 0 Å². The molecule has 4 rings (SSSR count). The van der Waals surface area contributed by atoms with Crippen LogP contribution in [0.15, 0.2) is 59.4 Å². The minimum absolute atomic E-state index is 0.0140. The molecule has 2 aromatic heterocycles. The molecule has 0 unspecified atom stereocenters. The molecule has 0 aliphatic rings. The van der Waals surface area contributed by atoms with Gasteiger partial charge in [-0.25, -0.2) is 4.98 Å². The van der Waals surface area contributed by atoms with Crippen LogP contribution in [0, 0.1) is 19.8 Å². The Morgan fingerprint density at radius 3 is 2.49 bits per heavy atom. The SMILES string of the molecule is Cc1nn(CC(C)C)c(C)c1CCC(=O)N(Cc1ccccc1)Cc1nc2ccccc2c(=O)[nH]1. The van der Waals surface area contributed by atoms with Gasteiger partial charge in [-0.05, 0) is 49.4 Å². The van der Waals surface area contributed by atoms with Crippen molar-refractivity contribution in [2.75, 3.05) is 0 Å². The average molecular weight is 472 g/mol. The van der Waals surface area contributed by atoms with Crippen molar-refractivity contribution in [3.63, 3.8) is 0 Å². The maximum Gasteiger partial charge on any atom is 0.258 e. The zero-order chi connectivity index (χ0) is 24.9. The lowest BCUT2D eigenvalue weighted by Gasteiger charge is -2.23. The number of nitrogens with zero attached hydrogens (tertiary/aromatic N) is 4. The van der Waals surface area contributed by atoms with Gasteiger partial charge in [0.2, 0.25) is 5.91 Å². The van der Waals surface area contributed by atoms with E-state index in [0.29, 0.717) is 42.0 Å². The fraction of sp³-hybridized carbons (Fsp3) is 0.357. The van der Waals surface area contributed by atoms with Crippen LogP contribution in [-0.4, -0.2) is 30.6 Å². The van der Waals surface area contributed by atoms with E-state index in [0.717, 1.165) is 29.1 Å². The van der Waals surface area contributed by atoms with Crippen LogP contribution in [0.3, 0.4) is 0 Å². The van der Waals surface area contributed by atoms with E-state index in [1.54, 1.807) is 11.0 Å². The number of para-hydroxylation sites is 1. The predicted molar refractivity (Wildman–Crippen MR) is 138 cm³/mol. The number of carbonyl (C=O) groups excluding carboxylic acids is 1. The van der Waals surface area contributed by atoms with Gasteiger partial charge in [-0.2, -0.15) is 5.10 Å². The Morgan fingerprint density at radius 2 is 1.74 bits per heavy atom. The number of rotatable bonds is 9. The largest absolute Gasteiger partial charge is 0.331 e. The summed E-state index contributed by atoms with van der Waals surface area (Å²) in [5, 5.41) is 5.23. The van der Waals surface area contributed by atoms with E-state index in [1.807, 2.05) is 60.1 Å². The monoisotopic (exact) mass is 471 g/mol. The molecule has 2 aromatic carbocycles. The minimum Gasteiger partial charge on any atom is -0.331 e. The van der Waals surface area contributed by atoms with Crippen LogP contribution in [-0.2, 0) is 30.8 Å². The highest BCUT2D eigenvalue weighted by Gasteiger charge is 2.19. The highest BCUT2D eigenvalue weighted by Crippen LogP contribution is 2.18. The molecule has 0 atom stereocenters. The van der Waals surface area contributed by atoms with Gasteiger partial charge in [-0.15, -0.1) is 0 Å². The van der Waals surface area contributed by atoms with E-state index in [-0.39, 0.29) is 18.0 Å². The second-order valence-corrected chi connectivity index (χ2v) is 9.49. The molecule has 0 aliphatic heterocycles. The van der Waals surface area contributed by atoms with Crippen molar-refractivity contribution in [1.82, 2.24) is 24.6 Å². The molecule has 2 heterocycles. The third-order valence-corrected chi connectivity index (χ3v) is 6.23. The van der Waals surface area contributed by atoms with Crippen LogP contribution in [0.5, 0.6) is 0 Å². The maximum absolute atomic E-state index is 13.5. The van der Waals surface area contributed by atoms with Crippen LogP contribution < -0.4 is 5.56 Å². The number of amides is 1. The Hall–Kier alpha value is -3.74. The third-order valence-electron chi connectivity index (χ3n) is 6.23. The number of aromatic nitrogens is 4. The molecule has 0 saturated heterocycles. The first kappa shape index (κ1) is 24.4. The van der Waals surface area contributed by atoms with Gasteiger partial charge in [0, 0.05) is 25.2 Å². The van der Waals surface area contributed by atoms with Crippen molar-refractivity contribution in [3.05, 3.63) is 93.3 Å². The molecule has 1 N–H and O–H groups in total. The predicted octanol–water partition coefficient (Wildman–Crippen LogP) is 4.55. The van der Waals surface area contributed by atoms with Gasteiger partial charge in [-0.1, -0.05) is 56.3 Å². The number of nitrogens with one attached hydrogen (secondary N) is 1. The molecular weight excluding hydrogens is 438 g/mol. The van der Waals surface area contributed by atoms with Gasteiger partial charge >= 0.3 is 0 Å². The smallest absolute Gasteiger partial charge is 0.258 e. The van der Waals surface area contributed by atoms with Crippen molar-refractivity contribution in [3.8, 4) is 0 Å². The molecule has 1 amide bonds. The third kappa shape index (κ3) is 5.85. The van der Waals surface area contributed by atoms with Crippen LogP contribution in [0.25, 0.3) is 10.9 Å². The number of H-pyrrole nitrogens is 1. The van der Waals surface area contributed by atoms with E-state index in [4.69, 9.17) is 0 Å². The second-order valence-electron chi connectivity index (χ2n) is 9.49. The summed E-state index contributed by atoms with van der Waals surface area (Å²) in [6.07, 6.45) is 0.987. The van der Waals surface area contributed by atoms with Gasteiger partial charge in [0.05, 0.1) is 23.1 Å². The van der Waals surface area contributed by atoms with Crippen LogP contribution in [0.4, 0.5) is 0 Å². The van der Waals surface area contributed by atoms with Gasteiger partial charge in [0.15, 0.2) is 0 Å². The summed E-state index contributed by atoms with van der Waals surface area (Å²) >= 11 is 0. The first-order valence-corrected chi connectivity index (χ1v) is 12.1. The molecule has 4 aromatic rings. The lowest BCUT2D eigenvalue weighted by molar-refractivity contribution is -0.132. The fourth-order valence-electron chi connectivity index (χ4n) is 4.44. The first-order valence-electron chi connectivity index (χ1n) is 12.1. The first-order chi connectivity index (χ1) is 16.8. The molecule has 0 saturated carbocycles. The summed E-state index contributed by atoms with van der Waals surface area (Å²) in [7, 11) is 0. The number of hydrogen-bond acceptors (Lipinski definition) is 4. The fourth-order valence-corrected chi connectivity index (χ4v) is 4.44. The van der Waals surface area contributed by atoms with E-state index >= 15 is 0 Å². The lowest BCUT2D eigenvalue weighted by Crippen LogP contribution is -2.32. The Balaban J connectivity index is 1.56. The topological polar surface area (TPSA) is 83.9 Å². The summed E-state index contributed by atoms with van der Waals surface area (Å²) in [6.45, 7) is 9.97. The summed E-state index contributed by atoms with van der Waals surface area (Å²) < 4.78 is 2.05. The van der Waals surface area contributed by atoms with Crippen molar-refractivity contribution in [2.45, 2.75) is 60.2 Å². The molecule has 0 bridgehead atoms. The molecule has 0 aliphatic carbocycles. The number of hydrogen-bond donors (Lipinski definition) is 1. The molecule has 7 nitrogen and oxygen atoms in total. The number of benzene rings is 2. The van der Waals surface area contributed by atoms with Gasteiger partial charge in [0.25, 0.3) is 5.56 Å². The molecule has 0 radical (unpaired) electrons. The molecule has 0 spiro atoms. The minimum atomic E-state index is -0.193. The quantitative estimate of drug-likeness (QED) is 0.388. The molecule has 35 heavy (non-hydrogen) atoms. The second kappa shape index (κ2) is 10.7. The molecule has 7 heteroatoms. The summed E-state index contributed by atoms with van der Waals surface area (Å²) in [5.41, 5.74) is 4.70. The van der Waals surface area contributed by atoms with Crippen molar-refractivity contribution < 1.29 is 4.79 Å². The van der Waals surface area contributed by atoms with Crippen molar-refractivity contribution >= 4 is 16.8 Å². The Kier molecular flexibility index (Phi) is 7.44. The Morgan fingerprint density at radius 1 is 1.03 bits per heavy atom. The van der Waals surface area contributed by atoms with Gasteiger partial charge in [-0.3, -0.25) is 14.3 Å². The summed E-state index contributed by atoms with van der Waals surface area (Å²) in [4.78, 5) is 35.3. The van der Waals surface area contributed by atoms with Crippen LogP contribution in [0.2, 0.25) is 0 Å². The number of fused-ring (bicyclic) bond motifs is 1. The van der Waals surface area contributed by atoms with E-state index in [9.17, 15) is 9.59 Å². The normalized spacial score (nSPS) is 11.3. The standard InChI is InChI=1S/C28H33N5O2/c1-19(2)16-33-21(4)23(20(3)31-33)14-15-27(34)32(17-22-10-6-5-7-11-22)18-26-29-25-13-9-8-12-24(25)28(35)30-26/h5-13,19H,14-18H2,1-4H3,(H,29,30,35).